The number of carbonyl (C=O) groups excluding carboxylic acids is 2. The first-order chi connectivity index (χ1) is 14.0. The molecule has 3 rings (SSSR count). The molecule has 160 valence electrons. The maximum Gasteiger partial charge on any atom is 0.271 e. The van der Waals surface area contributed by atoms with Crippen molar-refractivity contribution in [2.75, 3.05) is 37.7 Å². The fourth-order valence-electron chi connectivity index (χ4n) is 3.14. The van der Waals surface area contributed by atoms with Gasteiger partial charge in [0.2, 0.25) is 5.91 Å². The zero-order chi connectivity index (χ0) is 20.8. The molecule has 0 bridgehead atoms. The second kappa shape index (κ2) is 10.6. The van der Waals surface area contributed by atoms with Crippen LogP contribution in [0.25, 0.3) is 0 Å². The average molecular weight is 435 g/mol. The van der Waals surface area contributed by atoms with Crippen molar-refractivity contribution in [2.45, 2.75) is 6.42 Å². The molecule has 0 saturated heterocycles. The number of amides is 2. The number of fused-ring (bicyclic) bond motifs is 1. The summed E-state index contributed by atoms with van der Waals surface area (Å²) in [7, 11) is 0. The molecule has 0 atom stereocenters. The van der Waals surface area contributed by atoms with Gasteiger partial charge in [-0.25, -0.2) is 0 Å². The number of nitrogens with zero attached hydrogens (tertiary/aromatic N) is 3. The number of ether oxygens (including phenoxy) is 1. The number of hydrogen-bond donors (Lipinski definition) is 1. The molecule has 1 aliphatic rings. The SMILES string of the molecule is Cl.NCCN(CCc1ccccc1)C(=O)CN1C(=O)COc2ccc([N+](=O)[O-])cc21. The van der Waals surface area contributed by atoms with E-state index in [1.807, 2.05) is 30.3 Å². The van der Waals surface area contributed by atoms with Gasteiger partial charge >= 0.3 is 0 Å². The van der Waals surface area contributed by atoms with Crippen molar-refractivity contribution >= 4 is 35.6 Å². The molecular formula is C20H23ClN4O5. The third-order valence-corrected chi connectivity index (χ3v) is 4.65. The normalized spacial score (nSPS) is 12.4. The van der Waals surface area contributed by atoms with Gasteiger partial charge in [0.15, 0.2) is 6.61 Å². The molecule has 10 heteroatoms. The number of nitrogens with two attached hydrogens (primary N) is 1. The van der Waals surface area contributed by atoms with Gasteiger partial charge in [0.25, 0.3) is 11.6 Å². The minimum Gasteiger partial charge on any atom is -0.482 e. The van der Waals surface area contributed by atoms with Gasteiger partial charge in [-0.1, -0.05) is 30.3 Å². The summed E-state index contributed by atoms with van der Waals surface area (Å²) in [5.41, 5.74) is 6.79. The monoisotopic (exact) mass is 434 g/mol. The van der Waals surface area contributed by atoms with Crippen molar-refractivity contribution in [1.29, 1.82) is 0 Å². The molecule has 2 aromatic carbocycles. The molecule has 2 aromatic rings. The van der Waals surface area contributed by atoms with Crippen LogP contribution in [0.3, 0.4) is 0 Å². The Labute approximate surface area is 180 Å². The lowest BCUT2D eigenvalue weighted by atomic mass is 10.1. The highest BCUT2D eigenvalue weighted by atomic mass is 35.5. The maximum atomic E-state index is 12.9. The zero-order valence-corrected chi connectivity index (χ0v) is 17.0. The van der Waals surface area contributed by atoms with Gasteiger partial charge in [-0.2, -0.15) is 0 Å². The minimum atomic E-state index is -0.556. The summed E-state index contributed by atoms with van der Waals surface area (Å²) in [4.78, 5) is 38.6. The quantitative estimate of drug-likeness (QED) is 0.499. The van der Waals surface area contributed by atoms with Crippen LogP contribution in [-0.2, 0) is 16.0 Å². The molecule has 0 aromatic heterocycles. The van der Waals surface area contributed by atoms with Crippen molar-refractivity contribution in [1.82, 2.24) is 4.90 Å². The van der Waals surface area contributed by atoms with Crippen LogP contribution < -0.4 is 15.4 Å². The summed E-state index contributed by atoms with van der Waals surface area (Å²) < 4.78 is 5.34. The Hall–Kier alpha value is -3.17. The van der Waals surface area contributed by atoms with Crippen LogP contribution in [0.1, 0.15) is 5.56 Å². The fraction of sp³-hybridized carbons (Fsp3) is 0.300. The smallest absolute Gasteiger partial charge is 0.271 e. The van der Waals surface area contributed by atoms with E-state index in [1.165, 1.54) is 23.1 Å². The number of anilines is 1. The highest BCUT2D eigenvalue weighted by molar-refractivity contribution is 6.02. The van der Waals surface area contributed by atoms with E-state index in [0.29, 0.717) is 31.8 Å². The highest BCUT2D eigenvalue weighted by Gasteiger charge is 2.30. The summed E-state index contributed by atoms with van der Waals surface area (Å²) in [6, 6.07) is 13.7. The first kappa shape index (κ1) is 23.1. The molecule has 1 aliphatic heterocycles. The Balaban J connectivity index is 0.00000320. The van der Waals surface area contributed by atoms with Crippen molar-refractivity contribution in [3.8, 4) is 5.75 Å². The topological polar surface area (TPSA) is 119 Å². The number of benzene rings is 2. The Kier molecular flexibility index (Phi) is 8.14. The fourth-order valence-corrected chi connectivity index (χ4v) is 3.14. The molecule has 1 heterocycles. The molecule has 0 aliphatic carbocycles. The summed E-state index contributed by atoms with van der Waals surface area (Å²) >= 11 is 0. The third-order valence-electron chi connectivity index (χ3n) is 4.65. The van der Waals surface area contributed by atoms with Crippen LogP contribution in [0.5, 0.6) is 5.75 Å². The van der Waals surface area contributed by atoms with Crippen molar-refractivity contribution in [3.63, 3.8) is 0 Å². The number of halogens is 1. The van der Waals surface area contributed by atoms with Gasteiger partial charge < -0.3 is 15.4 Å². The van der Waals surface area contributed by atoms with Crippen LogP contribution in [0.2, 0.25) is 0 Å². The van der Waals surface area contributed by atoms with E-state index in [0.717, 1.165) is 5.56 Å². The van der Waals surface area contributed by atoms with E-state index >= 15 is 0 Å². The molecule has 0 radical (unpaired) electrons. The summed E-state index contributed by atoms with van der Waals surface area (Å²) in [6.07, 6.45) is 0.658. The molecular weight excluding hydrogens is 412 g/mol. The second-order valence-corrected chi connectivity index (χ2v) is 6.58. The Morgan fingerprint density at radius 3 is 2.60 bits per heavy atom. The van der Waals surface area contributed by atoms with Crippen LogP contribution in [-0.4, -0.2) is 54.4 Å². The van der Waals surface area contributed by atoms with E-state index in [9.17, 15) is 19.7 Å². The lowest BCUT2D eigenvalue weighted by Crippen LogP contribution is -2.48. The third kappa shape index (κ3) is 5.46. The summed E-state index contributed by atoms with van der Waals surface area (Å²) in [6.45, 7) is 0.649. The average Bonchev–Trinajstić information content (AvgIpc) is 2.73. The molecule has 0 saturated carbocycles. The highest BCUT2D eigenvalue weighted by Crippen LogP contribution is 2.35. The van der Waals surface area contributed by atoms with Crippen LogP contribution in [0.15, 0.2) is 48.5 Å². The minimum absolute atomic E-state index is 0. The number of hydrogen-bond acceptors (Lipinski definition) is 6. The maximum absolute atomic E-state index is 12.9. The van der Waals surface area contributed by atoms with E-state index < -0.39 is 10.8 Å². The Bertz CT molecular complexity index is 909. The van der Waals surface area contributed by atoms with Crippen LogP contribution >= 0.6 is 12.4 Å². The zero-order valence-electron chi connectivity index (χ0n) is 16.2. The number of non-ortho nitro benzene ring substituents is 1. The molecule has 0 spiro atoms. The van der Waals surface area contributed by atoms with Crippen molar-refractivity contribution in [3.05, 3.63) is 64.2 Å². The summed E-state index contributed by atoms with van der Waals surface area (Å²) in [5.74, 6) is -0.376. The molecule has 0 fully saturated rings. The van der Waals surface area contributed by atoms with Gasteiger partial charge in [0, 0.05) is 31.8 Å². The predicted octanol–water partition coefficient (Wildman–Crippen LogP) is 1.77. The molecule has 30 heavy (non-hydrogen) atoms. The van der Waals surface area contributed by atoms with Gasteiger partial charge in [0.05, 0.1) is 10.6 Å². The first-order valence-electron chi connectivity index (χ1n) is 9.23. The lowest BCUT2D eigenvalue weighted by molar-refractivity contribution is -0.384. The molecule has 2 N–H and O–H groups in total. The van der Waals surface area contributed by atoms with Crippen LogP contribution in [0.4, 0.5) is 11.4 Å². The first-order valence-corrected chi connectivity index (χ1v) is 9.23. The van der Waals surface area contributed by atoms with Gasteiger partial charge in [-0.05, 0) is 18.1 Å². The van der Waals surface area contributed by atoms with Gasteiger partial charge in [0.1, 0.15) is 12.3 Å². The number of carbonyl (C=O) groups is 2. The largest absolute Gasteiger partial charge is 0.482 e. The van der Waals surface area contributed by atoms with E-state index in [4.69, 9.17) is 10.5 Å². The van der Waals surface area contributed by atoms with Crippen LogP contribution in [0, 0.1) is 10.1 Å². The molecule has 0 unspecified atom stereocenters. The number of rotatable bonds is 8. The van der Waals surface area contributed by atoms with E-state index in [2.05, 4.69) is 0 Å². The Morgan fingerprint density at radius 2 is 1.93 bits per heavy atom. The Morgan fingerprint density at radius 1 is 1.20 bits per heavy atom. The standard InChI is InChI=1S/C20H22N4O5.ClH/c21-9-11-22(10-8-15-4-2-1-3-5-15)19(25)13-23-17-12-16(24(27)28)6-7-18(17)29-14-20(23)26;/h1-7,12H,8-11,13-14,21H2;1H. The van der Waals surface area contributed by atoms with Crippen molar-refractivity contribution < 1.29 is 19.2 Å². The van der Waals surface area contributed by atoms with E-state index in [1.54, 1.807) is 4.90 Å². The van der Waals surface area contributed by atoms with Gasteiger partial charge in [-0.3, -0.25) is 24.6 Å². The lowest BCUT2D eigenvalue weighted by Gasteiger charge is -2.31. The second-order valence-electron chi connectivity index (χ2n) is 6.58. The molecule has 2 amide bonds. The molecule has 9 nitrogen and oxygen atoms in total. The number of nitro benzene ring substituents is 1. The summed E-state index contributed by atoms with van der Waals surface area (Å²) in [5, 5.41) is 11.1. The van der Waals surface area contributed by atoms with E-state index in [-0.39, 0.29) is 42.8 Å². The number of nitro groups is 1. The van der Waals surface area contributed by atoms with Crippen molar-refractivity contribution in [2.24, 2.45) is 5.73 Å². The predicted molar refractivity (Wildman–Crippen MR) is 114 cm³/mol. The van der Waals surface area contributed by atoms with Gasteiger partial charge in [-0.15, -0.1) is 12.4 Å².